The monoisotopic (exact) mass is 289 g/mol. The molecule has 0 fully saturated rings. The second-order valence-corrected chi connectivity index (χ2v) is 4.98. The summed E-state index contributed by atoms with van der Waals surface area (Å²) in [5.41, 5.74) is 1.61. The summed E-state index contributed by atoms with van der Waals surface area (Å²) in [6.45, 7) is 10.9. The minimum atomic E-state index is 0.593. The molecule has 4 nitrogen and oxygen atoms in total. The third kappa shape index (κ3) is 6.05. The fourth-order valence-electron chi connectivity index (χ4n) is 2.08. The molecule has 1 rings (SSSR count). The number of hydrogen-bond donors (Lipinski definition) is 1. The Morgan fingerprint density at radius 1 is 1.24 bits per heavy atom. The first-order valence-electron chi connectivity index (χ1n) is 7.88. The quantitative estimate of drug-likeness (QED) is 0.670. The van der Waals surface area contributed by atoms with Crippen molar-refractivity contribution in [3.05, 3.63) is 23.8 Å². The molecular weight excluding hydrogens is 262 g/mol. The van der Waals surface area contributed by atoms with Crippen molar-refractivity contribution in [2.45, 2.75) is 33.6 Å². The first-order valence-corrected chi connectivity index (χ1v) is 7.88. The van der Waals surface area contributed by atoms with Crippen LogP contribution in [0, 0.1) is 11.3 Å². The third-order valence-electron chi connectivity index (χ3n) is 3.52. The van der Waals surface area contributed by atoms with Gasteiger partial charge in [0.25, 0.3) is 0 Å². The van der Waals surface area contributed by atoms with Gasteiger partial charge in [-0.15, -0.1) is 0 Å². The maximum absolute atomic E-state index is 9.16. The summed E-state index contributed by atoms with van der Waals surface area (Å²) in [7, 11) is 0. The molecule has 116 valence electrons. The average Bonchev–Trinajstić information content (AvgIpc) is 2.52. The van der Waals surface area contributed by atoms with E-state index in [1.807, 2.05) is 18.2 Å². The number of ether oxygens (including phenoxy) is 1. The van der Waals surface area contributed by atoms with Crippen LogP contribution in [-0.2, 0) is 0 Å². The first-order chi connectivity index (χ1) is 10.2. The molecule has 0 atom stereocenters. The van der Waals surface area contributed by atoms with Crippen molar-refractivity contribution in [2.24, 2.45) is 0 Å². The van der Waals surface area contributed by atoms with E-state index in [9.17, 15) is 0 Å². The van der Waals surface area contributed by atoms with E-state index in [-0.39, 0.29) is 0 Å². The molecule has 1 aromatic carbocycles. The second-order valence-electron chi connectivity index (χ2n) is 4.98. The number of nitrogens with one attached hydrogen (secondary N) is 1. The Kier molecular flexibility index (Phi) is 8.30. The zero-order valence-electron chi connectivity index (χ0n) is 13.5. The van der Waals surface area contributed by atoms with E-state index >= 15 is 0 Å². The van der Waals surface area contributed by atoms with Crippen molar-refractivity contribution >= 4 is 5.69 Å². The van der Waals surface area contributed by atoms with E-state index in [1.54, 1.807) is 0 Å². The number of benzene rings is 1. The van der Waals surface area contributed by atoms with Crippen LogP contribution in [-0.4, -0.2) is 37.7 Å². The van der Waals surface area contributed by atoms with Crippen molar-refractivity contribution < 1.29 is 4.74 Å². The minimum Gasteiger partial charge on any atom is -0.491 e. The molecule has 0 aliphatic rings. The highest BCUT2D eigenvalue weighted by Crippen LogP contribution is 2.23. The Hall–Kier alpha value is -1.73. The average molecular weight is 289 g/mol. The van der Waals surface area contributed by atoms with Crippen LogP contribution in [0.5, 0.6) is 5.75 Å². The summed E-state index contributed by atoms with van der Waals surface area (Å²) in [6, 6.07) is 7.87. The van der Waals surface area contributed by atoms with Crippen LogP contribution >= 0.6 is 0 Å². The molecule has 0 aromatic heterocycles. The van der Waals surface area contributed by atoms with Crippen molar-refractivity contribution in [2.75, 3.05) is 38.1 Å². The van der Waals surface area contributed by atoms with Gasteiger partial charge in [-0.2, -0.15) is 5.26 Å². The van der Waals surface area contributed by atoms with Gasteiger partial charge in [-0.05, 0) is 31.6 Å². The van der Waals surface area contributed by atoms with Gasteiger partial charge in [0.15, 0.2) is 0 Å². The number of rotatable bonds is 10. The Morgan fingerprint density at radius 2 is 2.00 bits per heavy atom. The number of hydrogen-bond acceptors (Lipinski definition) is 4. The lowest BCUT2D eigenvalue weighted by atomic mass is 10.2. The smallest absolute Gasteiger partial charge is 0.139 e. The molecule has 0 saturated carbocycles. The summed E-state index contributed by atoms with van der Waals surface area (Å²) in [5, 5.41) is 12.5. The van der Waals surface area contributed by atoms with Crippen LogP contribution in [0.1, 0.15) is 39.2 Å². The normalized spacial score (nSPS) is 10.4. The van der Waals surface area contributed by atoms with Crippen LogP contribution in [0.25, 0.3) is 0 Å². The lowest BCUT2D eigenvalue weighted by Gasteiger charge is -2.18. The Labute approximate surface area is 128 Å². The van der Waals surface area contributed by atoms with E-state index in [0.29, 0.717) is 17.9 Å². The summed E-state index contributed by atoms with van der Waals surface area (Å²) >= 11 is 0. The maximum atomic E-state index is 9.16. The molecule has 21 heavy (non-hydrogen) atoms. The van der Waals surface area contributed by atoms with Gasteiger partial charge in [-0.3, -0.25) is 0 Å². The molecular formula is C17H27N3O. The van der Waals surface area contributed by atoms with Gasteiger partial charge in [-0.1, -0.05) is 27.2 Å². The van der Waals surface area contributed by atoms with Gasteiger partial charge in [0, 0.05) is 24.8 Å². The van der Waals surface area contributed by atoms with E-state index in [1.165, 1.54) is 0 Å². The molecule has 0 saturated heterocycles. The molecule has 0 radical (unpaired) electrons. The highest BCUT2D eigenvalue weighted by Gasteiger charge is 2.06. The fourth-order valence-corrected chi connectivity index (χ4v) is 2.08. The van der Waals surface area contributed by atoms with Crippen LogP contribution < -0.4 is 10.1 Å². The first kappa shape index (κ1) is 17.3. The molecule has 1 aromatic rings. The van der Waals surface area contributed by atoms with Crippen molar-refractivity contribution in [1.29, 1.82) is 5.26 Å². The van der Waals surface area contributed by atoms with E-state index in [4.69, 9.17) is 10.00 Å². The predicted octanol–water partition coefficient (Wildman–Crippen LogP) is 3.49. The molecule has 0 aliphatic heterocycles. The molecule has 0 heterocycles. The Morgan fingerprint density at radius 3 is 2.62 bits per heavy atom. The van der Waals surface area contributed by atoms with Crippen LogP contribution in [0.3, 0.4) is 0 Å². The van der Waals surface area contributed by atoms with Crippen LogP contribution in [0.2, 0.25) is 0 Å². The maximum Gasteiger partial charge on any atom is 0.139 e. The summed E-state index contributed by atoms with van der Waals surface area (Å²) in [5.74, 6) is 0.672. The second kappa shape index (κ2) is 10.1. The van der Waals surface area contributed by atoms with Crippen molar-refractivity contribution in [1.82, 2.24) is 4.90 Å². The summed E-state index contributed by atoms with van der Waals surface area (Å²) in [4.78, 5) is 2.30. The zero-order chi connectivity index (χ0) is 15.5. The standard InChI is InChI=1S/C17H27N3O/c1-4-7-10-19-16-9-8-15(14-18)17(13-16)21-12-11-20(5-2)6-3/h8-9,13,19H,4-7,10-12H2,1-3H3. The summed E-state index contributed by atoms with van der Waals surface area (Å²) < 4.78 is 5.80. The SMILES string of the molecule is CCCCNc1ccc(C#N)c(OCCN(CC)CC)c1. The topological polar surface area (TPSA) is 48.3 Å². The largest absolute Gasteiger partial charge is 0.491 e. The van der Waals surface area contributed by atoms with Crippen LogP contribution in [0.15, 0.2) is 18.2 Å². The third-order valence-corrected chi connectivity index (χ3v) is 3.52. The highest BCUT2D eigenvalue weighted by atomic mass is 16.5. The van der Waals surface area contributed by atoms with Gasteiger partial charge in [0.1, 0.15) is 18.4 Å². The molecule has 4 heteroatoms. The molecule has 0 unspecified atom stereocenters. The minimum absolute atomic E-state index is 0.593. The Bertz CT molecular complexity index is 450. The number of anilines is 1. The highest BCUT2D eigenvalue weighted by molar-refractivity contribution is 5.55. The molecule has 0 amide bonds. The van der Waals surface area contributed by atoms with Crippen molar-refractivity contribution in [3.63, 3.8) is 0 Å². The predicted molar refractivity (Wildman–Crippen MR) is 87.8 cm³/mol. The molecule has 0 aliphatic carbocycles. The number of nitrogens with zero attached hydrogens (tertiary/aromatic N) is 2. The van der Waals surface area contributed by atoms with E-state index in [2.05, 4.69) is 37.1 Å². The Balaban J connectivity index is 2.61. The van der Waals surface area contributed by atoms with Crippen LogP contribution in [0.4, 0.5) is 5.69 Å². The number of likely N-dealkylation sites (N-methyl/N-ethyl adjacent to an activating group) is 1. The summed E-state index contributed by atoms with van der Waals surface area (Å²) in [6.07, 6.45) is 2.30. The molecule has 0 bridgehead atoms. The van der Waals surface area contributed by atoms with Gasteiger partial charge < -0.3 is 15.0 Å². The van der Waals surface area contributed by atoms with E-state index < -0.39 is 0 Å². The number of nitriles is 1. The molecule has 0 spiro atoms. The van der Waals surface area contributed by atoms with Gasteiger partial charge in [0.05, 0.1) is 5.56 Å². The fraction of sp³-hybridized carbons (Fsp3) is 0.588. The lowest BCUT2D eigenvalue weighted by Crippen LogP contribution is -2.28. The van der Waals surface area contributed by atoms with E-state index in [0.717, 1.165) is 44.7 Å². The van der Waals surface area contributed by atoms with Crippen molar-refractivity contribution in [3.8, 4) is 11.8 Å². The number of unbranched alkanes of at least 4 members (excludes halogenated alkanes) is 1. The van der Waals surface area contributed by atoms with Gasteiger partial charge in [-0.25, -0.2) is 0 Å². The molecule has 1 N–H and O–H groups in total. The van der Waals surface area contributed by atoms with Gasteiger partial charge >= 0.3 is 0 Å². The van der Waals surface area contributed by atoms with Gasteiger partial charge in [0.2, 0.25) is 0 Å². The zero-order valence-corrected chi connectivity index (χ0v) is 13.5. The lowest BCUT2D eigenvalue weighted by molar-refractivity contribution is 0.222.